The monoisotopic (exact) mass is 607 g/mol. The summed E-state index contributed by atoms with van der Waals surface area (Å²) in [5.74, 6) is 5.37. The molecule has 2 aromatic heterocycles. The molecule has 4 fully saturated rings. The van der Waals surface area contributed by atoms with Crippen LogP contribution in [0.3, 0.4) is 0 Å². The van der Waals surface area contributed by atoms with Gasteiger partial charge in [0.2, 0.25) is 0 Å². The van der Waals surface area contributed by atoms with E-state index in [1.54, 1.807) is 11.1 Å². The SMILES string of the molecule is c1ccc(-c2nc(-c3ccc4c(c3)-c3ccccc3C43C4CC5CC(C4)CC3C5)nc(-c3cccc4oc5ccccc5c34)n2)cc1. The van der Waals surface area contributed by atoms with Crippen molar-refractivity contribution in [3.63, 3.8) is 0 Å². The first-order valence-corrected chi connectivity index (χ1v) is 17.2. The molecule has 0 unspecified atom stereocenters. The van der Waals surface area contributed by atoms with Crippen molar-refractivity contribution in [2.24, 2.45) is 23.7 Å². The number of benzene rings is 5. The number of aromatic nitrogens is 3. The molecule has 0 atom stereocenters. The Kier molecular flexibility index (Phi) is 5.25. The first-order chi connectivity index (χ1) is 23.2. The summed E-state index contributed by atoms with van der Waals surface area (Å²) in [6.07, 6.45) is 6.99. The molecule has 4 bridgehead atoms. The highest BCUT2D eigenvalue weighted by molar-refractivity contribution is 6.11. The molecule has 12 rings (SSSR count). The predicted octanol–water partition coefficient (Wildman–Crippen LogP) is 10.5. The zero-order valence-electron chi connectivity index (χ0n) is 26.1. The van der Waals surface area contributed by atoms with Crippen molar-refractivity contribution in [3.8, 4) is 45.3 Å². The Morgan fingerprint density at radius 3 is 1.96 bits per heavy atom. The zero-order chi connectivity index (χ0) is 30.7. The number of nitrogens with zero attached hydrogens (tertiary/aromatic N) is 3. The third kappa shape index (κ3) is 3.56. The molecule has 0 radical (unpaired) electrons. The molecular weight excluding hydrogens is 574 g/mol. The molecule has 7 aromatic rings. The lowest BCUT2D eigenvalue weighted by molar-refractivity contribution is -0.0399. The normalized spacial score (nSPS) is 25.1. The van der Waals surface area contributed by atoms with Crippen molar-refractivity contribution in [2.75, 3.05) is 0 Å². The van der Waals surface area contributed by atoms with E-state index in [1.807, 2.05) is 42.5 Å². The fourth-order valence-electron chi connectivity index (χ4n) is 10.6. The van der Waals surface area contributed by atoms with Gasteiger partial charge in [-0.15, -0.1) is 0 Å². The van der Waals surface area contributed by atoms with Crippen LogP contribution in [-0.4, -0.2) is 15.0 Å². The molecule has 5 aliphatic carbocycles. The van der Waals surface area contributed by atoms with Crippen LogP contribution >= 0.6 is 0 Å². The summed E-state index contributed by atoms with van der Waals surface area (Å²) in [4.78, 5) is 15.5. The predicted molar refractivity (Wildman–Crippen MR) is 187 cm³/mol. The van der Waals surface area contributed by atoms with Gasteiger partial charge in [0.1, 0.15) is 11.2 Å². The molecule has 4 saturated carbocycles. The van der Waals surface area contributed by atoms with E-state index in [9.17, 15) is 0 Å². The molecule has 226 valence electrons. The van der Waals surface area contributed by atoms with E-state index >= 15 is 0 Å². The minimum absolute atomic E-state index is 0.148. The zero-order valence-corrected chi connectivity index (χ0v) is 26.1. The highest BCUT2D eigenvalue weighted by Crippen LogP contribution is 2.69. The summed E-state index contributed by atoms with van der Waals surface area (Å²) in [6, 6.07) is 41.0. The summed E-state index contributed by atoms with van der Waals surface area (Å²) in [7, 11) is 0. The number of rotatable bonds is 3. The van der Waals surface area contributed by atoms with E-state index in [0.29, 0.717) is 17.5 Å². The molecule has 4 heteroatoms. The molecule has 0 N–H and O–H groups in total. The largest absolute Gasteiger partial charge is 0.456 e. The van der Waals surface area contributed by atoms with Crippen molar-refractivity contribution in [2.45, 2.75) is 37.5 Å². The average molecular weight is 608 g/mol. The average Bonchev–Trinajstić information content (AvgIpc) is 3.64. The minimum atomic E-state index is 0.148. The quantitative estimate of drug-likeness (QED) is 0.201. The van der Waals surface area contributed by atoms with Crippen LogP contribution in [0.2, 0.25) is 0 Å². The smallest absolute Gasteiger partial charge is 0.164 e. The summed E-state index contributed by atoms with van der Waals surface area (Å²) in [5.41, 5.74) is 10.7. The molecule has 0 saturated heterocycles. The third-order valence-electron chi connectivity index (χ3n) is 12.1. The van der Waals surface area contributed by atoms with E-state index in [1.165, 1.54) is 43.2 Å². The van der Waals surface area contributed by atoms with Gasteiger partial charge < -0.3 is 4.42 Å². The standard InChI is InChI=1S/C43H33N3O/c1-2-9-27(10-3-1)40-44-41(46-42(45-40)33-13-8-16-38-39(33)32-12-5-7-15-37(32)47-38)28-17-18-36-34(24-28)31-11-4-6-14-35(31)43(36)29-20-25-19-26(22-29)23-30(43)21-25/h1-18,24-26,29-30H,19-23H2. The fraction of sp³-hybridized carbons (Fsp3) is 0.233. The number of hydrogen-bond acceptors (Lipinski definition) is 4. The van der Waals surface area contributed by atoms with Crippen LogP contribution in [0.1, 0.15) is 43.2 Å². The molecule has 0 amide bonds. The lowest BCUT2D eigenvalue weighted by atomic mass is 9.43. The van der Waals surface area contributed by atoms with E-state index in [-0.39, 0.29) is 5.41 Å². The van der Waals surface area contributed by atoms with Crippen LogP contribution in [0.4, 0.5) is 0 Å². The van der Waals surface area contributed by atoms with E-state index in [0.717, 1.165) is 62.3 Å². The van der Waals surface area contributed by atoms with Crippen LogP contribution < -0.4 is 0 Å². The Labute approximate surface area is 273 Å². The van der Waals surface area contributed by atoms with Crippen LogP contribution in [0.15, 0.2) is 120 Å². The van der Waals surface area contributed by atoms with Gasteiger partial charge in [-0.25, -0.2) is 15.0 Å². The van der Waals surface area contributed by atoms with Gasteiger partial charge in [0, 0.05) is 32.9 Å². The van der Waals surface area contributed by atoms with Crippen LogP contribution in [0, 0.1) is 23.7 Å². The van der Waals surface area contributed by atoms with E-state index in [4.69, 9.17) is 19.4 Å². The molecule has 0 aliphatic heterocycles. The molecular formula is C43H33N3O. The van der Waals surface area contributed by atoms with Crippen molar-refractivity contribution in [1.82, 2.24) is 15.0 Å². The topological polar surface area (TPSA) is 51.8 Å². The first-order valence-electron chi connectivity index (χ1n) is 17.2. The van der Waals surface area contributed by atoms with Gasteiger partial charge in [0.15, 0.2) is 17.5 Å². The van der Waals surface area contributed by atoms with Gasteiger partial charge in [-0.3, -0.25) is 0 Å². The second-order valence-corrected chi connectivity index (χ2v) is 14.4. The Balaban J connectivity index is 1.13. The van der Waals surface area contributed by atoms with Crippen molar-refractivity contribution < 1.29 is 4.42 Å². The fourth-order valence-corrected chi connectivity index (χ4v) is 10.6. The lowest BCUT2D eigenvalue weighted by Crippen LogP contribution is -2.55. The molecule has 2 heterocycles. The highest BCUT2D eigenvalue weighted by Gasteiger charge is 2.61. The van der Waals surface area contributed by atoms with Gasteiger partial charge in [-0.1, -0.05) is 97.1 Å². The number of hydrogen-bond donors (Lipinski definition) is 0. The maximum Gasteiger partial charge on any atom is 0.164 e. The van der Waals surface area contributed by atoms with Crippen molar-refractivity contribution in [3.05, 3.63) is 126 Å². The molecule has 5 aromatic carbocycles. The summed E-state index contributed by atoms with van der Waals surface area (Å²) < 4.78 is 6.25. The number of para-hydroxylation sites is 1. The van der Waals surface area contributed by atoms with Gasteiger partial charge in [0.05, 0.1) is 0 Å². The van der Waals surface area contributed by atoms with Gasteiger partial charge in [-0.2, -0.15) is 0 Å². The Bertz CT molecular complexity index is 2360. The molecule has 5 aliphatic rings. The Hall–Kier alpha value is -5.09. The maximum atomic E-state index is 6.25. The van der Waals surface area contributed by atoms with Crippen LogP contribution in [0.5, 0.6) is 0 Å². The van der Waals surface area contributed by atoms with E-state index < -0.39 is 0 Å². The second-order valence-electron chi connectivity index (χ2n) is 14.4. The maximum absolute atomic E-state index is 6.25. The Morgan fingerprint density at radius 2 is 1.13 bits per heavy atom. The van der Waals surface area contributed by atoms with Gasteiger partial charge >= 0.3 is 0 Å². The lowest BCUT2D eigenvalue weighted by Gasteiger charge is -2.61. The number of furan rings is 1. The van der Waals surface area contributed by atoms with Crippen LogP contribution in [-0.2, 0) is 5.41 Å². The highest BCUT2D eigenvalue weighted by atomic mass is 16.3. The minimum Gasteiger partial charge on any atom is -0.456 e. The summed E-state index contributed by atoms with van der Waals surface area (Å²) in [6.45, 7) is 0. The van der Waals surface area contributed by atoms with Crippen LogP contribution in [0.25, 0.3) is 67.2 Å². The molecule has 47 heavy (non-hydrogen) atoms. The summed E-state index contributed by atoms with van der Waals surface area (Å²) in [5, 5.41) is 2.10. The molecule has 1 spiro atoms. The van der Waals surface area contributed by atoms with Gasteiger partial charge in [-0.05, 0) is 96.2 Å². The Morgan fingerprint density at radius 1 is 0.489 bits per heavy atom. The van der Waals surface area contributed by atoms with Crippen molar-refractivity contribution >= 4 is 21.9 Å². The number of fused-ring (bicyclic) bond motifs is 6. The second kappa shape index (κ2) is 9.48. The molecule has 4 nitrogen and oxygen atoms in total. The third-order valence-corrected chi connectivity index (χ3v) is 12.1. The van der Waals surface area contributed by atoms with E-state index in [2.05, 4.69) is 72.8 Å². The summed E-state index contributed by atoms with van der Waals surface area (Å²) >= 11 is 0. The first kappa shape index (κ1) is 26.0. The van der Waals surface area contributed by atoms with Gasteiger partial charge in [0.25, 0.3) is 0 Å². The van der Waals surface area contributed by atoms with Crippen molar-refractivity contribution in [1.29, 1.82) is 0 Å².